The van der Waals surface area contributed by atoms with Crippen molar-refractivity contribution >= 4 is 0 Å². The predicted molar refractivity (Wildman–Crippen MR) is 74.8 cm³/mol. The summed E-state index contributed by atoms with van der Waals surface area (Å²) in [7, 11) is 0. The molecule has 1 nitrogen and oxygen atoms in total. The lowest BCUT2D eigenvalue weighted by Gasteiger charge is -2.22. The van der Waals surface area contributed by atoms with Gasteiger partial charge in [0.05, 0.1) is 0 Å². The van der Waals surface area contributed by atoms with Crippen LogP contribution in [-0.4, -0.2) is 12.6 Å². The van der Waals surface area contributed by atoms with Gasteiger partial charge in [-0.15, -0.1) is 0 Å². The van der Waals surface area contributed by atoms with Crippen LogP contribution >= 0.6 is 0 Å². The largest absolute Gasteiger partial charge is 0.314 e. The first kappa shape index (κ1) is 16.0. The first-order valence-corrected chi connectivity index (χ1v) is 7.31. The van der Waals surface area contributed by atoms with Gasteiger partial charge in [-0.2, -0.15) is 0 Å². The van der Waals surface area contributed by atoms with Gasteiger partial charge in [0.15, 0.2) is 0 Å². The van der Waals surface area contributed by atoms with E-state index in [1.165, 1.54) is 45.1 Å². The van der Waals surface area contributed by atoms with Gasteiger partial charge in [-0.25, -0.2) is 0 Å². The summed E-state index contributed by atoms with van der Waals surface area (Å²) < 4.78 is 0. The van der Waals surface area contributed by atoms with E-state index in [2.05, 4.69) is 39.9 Å². The molecule has 0 radical (unpaired) electrons. The minimum Gasteiger partial charge on any atom is -0.314 e. The van der Waals surface area contributed by atoms with Crippen LogP contribution < -0.4 is 5.32 Å². The number of hydrogen-bond acceptors (Lipinski definition) is 1. The van der Waals surface area contributed by atoms with Crippen LogP contribution in [0, 0.1) is 11.8 Å². The van der Waals surface area contributed by atoms with Crippen molar-refractivity contribution in [1.29, 1.82) is 0 Å². The molecular weight excluding hydrogens is 194 g/mol. The average Bonchev–Trinajstić information content (AvgIpc) is 2.21. The lowest BCUT2D eigenvalue weighted by Crippen LogP contribution is -2.31. The highest BCUT2D eigenvalue weighted by molar-refractivity contribution is 4.67. The molecule has 98 valence electrons. The van der Waals surface area contributed by atoms with Gasteiger partial charge in [-0.05, 0) is 24.8 Å². The highest BCUT2D eigenvalue weighted by Crippen LogP contribution is 2.18. The van der Waals surface area contributed by atoms with E-state index in [9.17, 15) is 0 Å². The topological polar surface area (TPSA) is 12.0 Å². The van der Waals surface area contributed by atoms with Crippen LogP contribution in [0.1, 0.15) is 73.1 Å². The normalized spacial score (nSPS) is 13.7. The molecule has 0 saturated heterocycles. The van der Waals surface area contributed by atoms with Gasteiger partial charge in [0.2, 0.25) is 0 Å². The summed E-state index contributed by atoms with van der Waals surface area (Å²) in [5.74, 6) is 1.68. The van der Waals surface area contributed by atoms with E-state index in [0.717, 1.165) is 11.8 Å². The van der Waals surface area contributed by atoms with E-state index in [1.54, 1.807) is 0 Å². The molecule has 0 amide bonds. The highest BCUT2D eigenvalue weighted by Gasteiger charge is 2.12. The fraction of sp³-hybridized carbons (Fsp3) is 1.00. The Morgan fingerprint density at radius 2 is 1.50 bits per heavy atom. The molecule has 0 fully saturated rings. The molecule has 1 heteroatoms. The Balaban J connectivity index is 3.60. The average molecular weight is 227 g/mol. The van der Waals surface area contributed by atoms with Crippen molar-refractivity contribution in [2.75, 3.05) is 6.54 Å². The van der Waals surface area contributed by atoms with Crippen molar-refractivity contribution in [3.05, 3.63) is 0 Å². The van der Waals surface area contributed by atoms with Crippen molar-refractivity contribution in [3.63, 3.8) is 0 Å². The Morgan fingerprint density at radius 3 is 2.00 bits per heavy atom. The van der Waals surface area contributed by atoms with Crippen LogP contribution in [0.5, 0.6) is 0 Å². The molecule has 1 N–H and O–H groups in total. The molecule has 0 aromatic carbocycles. The zero-order valence-electron chi connectivity index (χ0n) is 12.2. The molecule has 16 heavy (non-hydrogen) atoms. The summed E-state index contributed by atoms with van der Waals surface area (Å²) in [6.07, 6.45) is 8.44. The smallest absolute Gasteiger partial charge is 0.00104 e. The Bertz CT molecular complexity index is 140. The maximum Gasteiger partial charge on any atom is 0.00104 e. The maximum atomic E-state index is 3.58. The van der Waals surface area contributed by atoms with Crippen molar-refractivity contribution in [2.45, 2.75) is 79.2 Å². The molecule has 0 aliphatic carbocycles. The van der Waals surface area contributed by atoms with Crippen molar-refractivity contribution in [1.82, 2.24) is 5.32 Å². The van der Waals surface area contributed by atoms with Crippen molar-refractivity contribution < 1.29 is 0 Å². The lowest BCUT2D eigenvalue weighted by atomic mass is 9.90. The van der Waals surface area contributed by atoms with E-state index in [4.69, 9.17) is 0 Å². The van der Waals surface area contributed by atoms with Crippen LogP contribution in [0.25, 0.3) is 0 Å². The lowest BCUT2D eigenvalue weighted by molar-refractivity contribution is 0.320. The molecule has 0 aliphatic rings. The zero-order valence-corrected chi connectivity index (χ0v) is 12.2. The first-order chi connectivity index (χ1) is 7.57. The quantitative estimate of drug-likeness (QED) is 0.537. The van der Waals surface area contributed by atoms with Crippen LogP contribution in [0.2, 0.25) is 0 Å². The second-order valence-corrected chi connectivity index (χ2v) is 5.77. The first-order valence-electron chi connectivity index (χ1n) is 7.31. The summed E-state index contributed by atoms with van der Waals surface area (Å²) in [5.41, 5.74) is 0. The summed E-state index contributed by atoms with van der Waals surface area (Å²) in [6.45, 7) is 12.7. The zero-order chi connectivity index (χ0) is 12.4. The van der Waals surface area contributed by atoms with E-state index in [-0.39, 0.29) is 0 Å². The van der Waals surface area contributed by atoms with Gasteiger partial charge in [-0.1, -0.05) is 66.7 Å². The van der Waals surface area contributed by atoms with Gasteiger partial charge >= 0.3 is 0 Å². The minimum absolute atomic E-state index is 0.626. The molecule has 0 spiro atoms. The molecule has 0 bridgehead atoms. The standard InChI is InChI=1S/C15H33N/c1-6-7-8-9-10-11-15(13(2)3)12-16-14(4)5/h13-16H,6-12H2,1-5H3. The van der Waals surface area contributed by atoms with Gasteiger partial charge in [0, 0.05) is 6.04 Å². The van der Waals surface area contributed by atoms with E-state index < -0.39 is 0 Å². The van der Waals surface area contributed by atoms with E-state index >= 15 is 0 Å². The number of nitrogens with one attached hydrogen (secondary N) is 1. The van der Waals surface area contributed by atoms with Gasteiger partial charge in [0.1, 0.15) is 0 Å². The fourth-order valence-corrected chi connectivity index (χ4v) is 2.07. The van der Waals surface area contributed by atoms with E-state index in [0.29, 0.717) is 6.04 Å². The fourth-order valence-electron chi connectivity index (χ4n) is 2.07. The summed E-state index contributed by atoms with van der Waals surface area (Å²) in [4.78, 5) is 0. The molecule has 0 aliphatic heterocycles. The number of rotatable bonds is 10. The molecule has 0 aromatic heterocycles. The third-order valence-electron chi connectivity index (χ3n) is 3.41. The Labute approximate surface area is 103 Å². The van der Waals surface area contributed by atoms with E-state index in [1.807, 2.05) is 0 Å². The molecule has 0 rings (SSSR count). The monoisotopic (exact) mass is 227 g/mol. The maximum absolute atomic E-state index is 3.58. The second-order valence-electron chi connectivity index (χ2n) is 5.77. The number of hydrogen-bond donors (Lipinski definition) is 1. The summed E-state index contributed by atoms with van der Waals surface area (Å²) in [5, 5.41) is 3.58. The van der Waals surface area contributed by atoms with Gasteiger partial charge in [0.25, 0.3) is 0 Å². The van der Waals surface area contributed by atoms with Crippen LogP contribution in [-0.2, 0) is 0 Å². The molecular formula is C15H33N. The van der Waals surface area contributed by atoms with Crippen LogP contribution in [0.15, 0.2) is 0 Å². The Kier molecular flexibility index (Phi) is 10.1. The van der Waals surface area contributed by atoms with Crippen LogP contribution in [0.3, 0.4) is 0 Å². The van der Waals surface area contributed by atoms with Gasteiger partial charge < -0.3 is 5.32 Å². The predicted octanol–water partition coefficient (Wildman–Crippen LogP) is 4.62. The SMILES string of the molecule is CCCCCCCC(CNC(C)C)C(C)C. The van der Waals surface area contributed by atoms with Gasteiger partial charge in [-0.3, -0.25) is 0 Å². The third-order valence-corrected chi connectivity index (χ3v) is 3.41. The number of unbranched alkanes of at least 4 members (excludes halogenated alkanes) is 4. The Morgan fingerprint density at radius 1 is 0.875 bits per heavy atom. The van der Waals surface area contributed by atoms with Crippen molar-refractivity contribution in [2.24, 2.45) is 11.8 Å². The molecule has 1 unspecified atom stereocenters. The molecule has 0 saturated carbocycles. The molecule has 0 heterocycles. The minimum atomic E-state index is 0.626. The third kappa shape index (κ3) is 9.21. The molecule has 0 aromatic rings. The second kappa shape index (κ2) is 10.1. The molecule has 1 atom stereocenters. The van der Waals surface area contributed by atoms with Crippen LogP contribution in [0.4, 0.5) is 0 Å². The Hall–Kier alpha value is -0.0400. The van der Waals surface area contributed by atoms with Crippen molar-refractivity contribution in [3.8, 4) is 0 Å². The highest BCUT2D eigenvalue weighted by atomic mass is 14.9. The summed E-state index contributed by atoms with van der Waals surface area (Å²) >= 11 is 0. The summed E-state index contributed by atoms with van der Waals surface area (Å²) in [6, 6.07) is 0.626.